The summed E-state index contributed by atoms with van der Waals surface area (Å²) in [5.41, 5.74) is 1.85. The molecule has 0 aliphatic heterocycles. The predicted octanol–water partition coefficient (Wildman–Crippen LogP) is 5.34. The first-order valence-electron chi connectivity index (χ1n) is 8.13. The number of benzene rings is 2. The number of nitrogens with one attached hydrogen (secondary N) is 1. The van der Waals surface area contributed by atoms with Crippen molar-refractivity contribution >= 4 is 55.5 Å². The van der Waals surface area contributed by atoms with Crippen molar-refractivity contribution in [3.63, 3.8) is 0 Å². The Bertz CT molecular complexity index is 1170. The zero-order valence-corrected chi connectivity index (χ0v) is 17.2. The van der Waals surface area contributed by atoms with Crippen LogP contribution in [0.5, 0.6) is 11.5 Å². The molecule has 4 rings (SSSR count). The highest BCUT2D eigenvalue weighted by Crippen LogP contribution is 2.39. The number of carbonyl (C=O) groups is 1. The molecule has 1 amide bonds. The number of aromatic nitrogens is 2. The Morgan fingerprint density at radius 2 is 2.00 bits per heavy atom. The van der Waals surface area contributed by atoms with E-state index in [1.54, 1.807) is 25.7 Å². The molecule has 0 saturated carbocycles. The summed E-state index contributed by atoms with van der Waals surface area (Å²) >= 11 is 8.72. The molecule has 0 aliphatic rings. The number of nitrogens with zero attached hydrogens (tertiary/aromatic N) is 2. The number of amides is 1. The molecule has 6 nitrogen and oxygen atoms in total. The van der Waals surface area contributed by atoms with Gasteiger partial charge in [0.2, 0.25) is 0 Å². The molecule has 4 aromatic rings. The topological polar surface area (TPSA) is 73.3 Å². The summed E-state index contributed by atoms with van der Waals surface area (Å²) in [5.74, 6) is 0.859. The van der Waals surface area contributed by atoms with E-state index in [-0.39, 0.29) is 5.91 Å². The van der Waals surface area contributed by atoms with Gasteiger partial charge in [-0.1, -0.05) is 29.0 Å². The van der Waals surface area contributed by atoms with Crippen LogP contribution in [0.25, 0.3) is 20.8 Å². The lowest BCUT2D eigenvalue weighted by Crippen LogP contribution is -2.12. The number of halogens is 1. The van der Waals surface area contributed by atoms with Crippen LogP contribution < -0.4 is 14.8 Å². The molecule has 0 saturated heterocycles. The molecule has 0 atom stereocenters. The molecule has 1 N–H and O–H groups in total. The maximum Gasteiger partial charge on any atom is 0.276 e. The molecule has 142 valence electrons. The van der Waals surface area contributed by atoms with Crippen LogP contribution in [0.15, 0.2) is 41.8 Å². The van der Waals surface area contributed by atoms with Gasteiger partial charge in [-0.2, -0.15) is 0 Å². The third-order valence-electron chi connectivity index (χ3n) is 3.94. The number of fused-ring (bicyclic) bond motifs is 1. The Hall–Kier alpha value is -2.68. The molecular weight excluding hydrogens is 418 g/mol. The van der Waals surface area contributed by atoms with Crippen molar-refractivity contribution in [2.45, 2.75) is 0 Å². The van der Waals surface area contributed by atoms with Crippen molar-refractivity contribution in [2.75, 3.05) is 19.5 Å². The number of anilines is 1. The Labute approximate surface area is 173 Å². The summed E-state index contributed by atoms with van der Waals surface area (Å²) in [6.45, 7) is 0. The van der Waals surface area contributed by atoms with Crippen LogP contribution in [0, 0.1) is 0 Å². The van der Waals surface area contributed by atoms with E-state index in [1.807, 2.05) is 30.3 Å². The molecule has 0 unspecified atom stereocenters. The quantitative estimate of drug-likeness (QED) is 0.461. The summed E-state index contributed by atoms with van der Waals surface area (Å²) in [5, 5.41) is 6.29. The van der Waals surface area contributed by atoms with E-state index >= 15 is 0 Å². The second kappa shape index (κ2) is 7.75. The molecule has 28 heavy (non-hydrogen) atoms. The number of ether oxygens (including phenoxy) is 2. The van der Waals surface area contributed by atoms with Gasteiger partial charge in [0.1, 0.15) is 10.7 Å². The molecule has 0 fully saturated rings. The largest absolute Gasteiger partial charge is 0.493 e. The number of para-hydroxylation sites is 1. The van der Waals surface area contributed by atoms with E-state index < -0.39 is 0 Å². The number of methoxy groups -OCH3 is 2. The van der Waals surface area contributed by atoms with Gasteiger partial charge in [-0.15, -0.1) is 11.3 Å². The van der Waals surface area contributed by atoms with Gasteiger partial charge < -0.3 is 9.47 Å². The molecule has 0 spiro atoms. The number of thiazole rings is 2. The monoisotopic (exact) mass is 431 g/mol. The number of rotatable bonds is 5. The van der Waals surface area contributed by atoms with Crippen molar-refractivity contribution in [1.29, 1.82) is 0 Å². The lowest BCUT2D eigenvalue weighted by atomic mass is 10.2. The Morgan fingerprint density at radius 1 is 1.14 bits per heavy atom. The van der Waals surface area contributed by atoms with Crippen LogP contribution in [0.3, 0.4) is 0 Å². The second-order valence-electron chi connectivity index (χ2n) is 5.66. The normalized spacial score (nSPS) is 10.8. The first kappa shape index (κ1) is 18.7. The van der Waals surface area contributed by atoms with Gasteiger partial charge in [0.25, 0.3) is 5.91 Å². The zero-order valence-electron chi connectivity index (χ0n) is 14.9. The SMILES string of the molecule is COc1cccc(-c2nc(C(=O)Nc3nc4ccc(Cl)cc4s3)cs2)c1OC. The third kappa shape index (κ3) is 3.54. The molecule has 0 radical (unpaired) electrons. The fourth-order valence-electron chi connectivity index (χ4n) is 2.67. The highest BCUT2D eigenvalue weighted by molar-refractivity contribution is 7.22. The molecule has 0 bridgehead atoms. The second-order valence-corrected chi connectivity index (χ2v) is 7.99. The molecule has 2 heterocycles. The number of hydrogen-bond donors (Lipinski definition) is 1. The van der Waals surface area contributed by atoms with Gasteiger partial charge in [-0.3, -0.25) is 10.1 Å². The van der Waals surface area contributed by atoms with Crippen molar-refractivity contribution < 1.29 is 14.3 Å². The highest BCUT2D eigenvalue weighted by Gasteiger charge is 2.18. The molecular formula is C19H14ClN3O3S2. The maximum atomic E-state index is 12.6. The molecule has 2 aromatic heterocycles. The summed E-state index contributed by atoms with van der Waals surface area (Å²) in [6.07, 6.45) is 0. The lowest BCUT2D eigenvalue weighted by Gasteiger charge is -2.10. The summed E-state index contributed by atoms with van der Waals surface area (Å²) in [6, 6.07) is 10.9. The average molecular weight is 432 g/mol. The van der Waals surface area contributed by atoms with Gasteiger partial charge in [0.05, 0.1) is 30.0 Å². The predicted molar refractivity (Wildman–Crippen MR) is 113 cm³/mol. The van der Waals surface area contributed by atoms with Crippen LogP contribution in [-0.2, 0) is 0 Å². The van der Waals surface area contributed by atoms with E-state index in [2.05, 4.69) is 15.3 Å². The van der Waals surface area contributed by atoms with Crippen LogP contribution in [0.2, 0.25) is 5.02 Å². The van der Waals surface area contributed by atoms with Crippen LogP contribution in [0.1, 0.15) is 10.5 Å². The minimum absolute atomic E-state index is 0.308. The van der Waals surface area contributed by atoms with Crippen molar-refractivity contribution in [3.8, 4) is 22.1 Å². The molecule has 2 aromatic carbocycles. The highest BCUT2D eigenvalue weighted by atomic mass is 35.5. The maximum absolute atomic E-state index is 12.6. The Morgan fingerprint density at radius 3 is 2.79 bits per heavy atom. The fourth-order valence-corrected chi connectivity index (χ4v) is 4.63. The van der Waals surface area contributed by atoms with Gasteiger partial charge in [-0.25, -0.2) is 9.97 Å². The van der Waals surface area contributed by atoms with E-state index in [0.29, 0.717) is 32.4 Å². The van der Waals surface area contributed by atoms with E-state index in [4.69, 9.17) is 21.1 Å². The van der Waals surface area contributed by atoms with Crippen LogP contribution in [-0.4, -0.2) is 30.1 Å². The van der Waals surface area contributed by atoms with Crippen molar-refractivity contribution in [3.05, 3.63) is 52.5 Å². The van der Waals surface area contributed by atoms with Crippen molar-refractivity contribution in [2.24, 2.45) is 0 Å². The summed E-state index contributed by atoms with van der Waals surface area (Å²) in [4.78, 5) is 21.5. The average Bonchev–Trinajstić information content (AvgIpc) is 3.33. The van der Waals surface area contributed by atoms with Crippen LogP contribution >= 0.6 is 34.3 Å². The molecule has 9 heteroatoms. The Kier molecular flexibility index (Phi) is 5.17. The summed E-state index contributed by atoms with van der Waals surface area (Å²) in [7, 11) is 3.15. The van der Waals surface area contributed by atoms with E-state index in [9.17, 15) is 4.79 Å². The van der Waals surface area contributed by atoms with Crippen molar-refractivity contribution in [1.82, 2.24) is 9.97 Å². The van der Waals surface area contributed by atoms with Gasteiger partial charge in [-0.05, 0) is 30.3 Å². The standard InChI is InChI=1S/C19H14ClN3O3S2/c1-25-14-5-3-4-11(16(14)26-2)18-21-13(9-27-18)17(24)23-19-22-12-7-6-10(20)8-15(12)28-19/h3-9H,1-2H3,(H,22,23,24). The van der Waals surface area contributed by atoms with Gasteiger partial charge in [0.15, 0.2) is 16.6 Å². The fraction of sp³-hybridized carbons (Fsp3) is 0.105. The van der Waals surface area contributed by atoms with Gasteiger partial charge in [0, 0.05) is 10.4 Å². The van der Waals surface area contributed by atoms with Gasteiger partial charge >= 0.3 is 0 Å². The van der Waals surface area contributed by atoms with E-state index in [1.165, 1.54) is 22.7 Å². The smallest absolute Gasteiger partial charge is 0.276 e. The minimum atomic E-state index is -0.325. The van der Waals surface area contributed by atoms with Crippen LogP contribution in [0.4, 0.5) is 5.13 Å². The summed E-state index contributed by atoms with van der Waals surface area (Å²) < 4.78 is 11.7. The minimum Gasteiger partial charge on any atom is -0.493 e. The zero-order chi connectivity index (χ0) is 19.7. The first-order chi connectivity index (χ1) is 13.6. The lowest BCUT2D eigenvalue weighted by molar-refractivity contribution is 0.102. The third-order valence-corrected chi connectivity index (χ3v) is 5.99. The first-order valence-corrected chi connectivity index (χ1v) is 10.2. The number of hydrogen-bond acceptors (Lipinski definition) is 7. The Balaban J connectivity index is 1.59. The number of carbonyl (C=O) groups excluding carboxylic acids is 1. The molecule has 0 aliphatic carbocycles. The van der Waals surface area contributed by atoms with E-state index in [0.717, 1.165) is 15.8 Å².